The lowest BCUT2D eigenvalue weighted by Gasteiger charge is -2.15. The van der Waals surface area contributed by atoms with Crippen LogP contribution in [0.5, 0.6) is 5.75 Å². The summed E-state index contributed by atoms with van der Waals surface area (Å²) in [5.41, 5.74) is 2.43. The Morgan fingerprint density at radius 3 is 2.52 bits per heavy atom. The van der Waals surface area contributed by atoms with E-state index in [0.717, 1.165) is 23.4 Å². The lowest BCUT2D eigenvalue weighted by Crippen LogP contribution is -2.36. The molecule has 0 amide bonds. The predicted molar refractivity (Wildman–Crippen MR) is 121 cm³/mol. The van der Waals surface area contributed by atoms with Crippen LogP contribution in [0.4, 0.5) is 10.1 Å². The first kappa shape index (κ1) is 23.0. The van der Waals surface area contributed by atoms with Gasteiger partial charge in [-0.25, -0.2) is 9.38 Å². The van der Waals surface area contributed by atoms with E-state index in [1.54, 1.807) is 18.1 Å². The van der Waals surface area contributed by atoms with E-state index in [1.807, 2.05) is 51.4 Å². The molecule has 0 heterocycles. The molecule has 0 saturated heterocycles. The van der Waals surface area contributed by atoms with Crippen molar-refractivity contribution < 1.29 is 9.13 Å². The molecule has 2 aromatic rings. The number of anilines is 1. The molecule has 0 saturated carbocycles. The first-order chi connectivity index (χ1) is 12.5. The number of methoxy groups -OCH3 is 1. The molecule has 5 nitrogen and oxygen atoms in total. The normalized spacial score (nSPS) is 10.8. The number of rotatable bonds is 7. The smallest absolute Gasteiger partial charge is 0.191 e. The van der Waals surface area contributed by atoms with Crippen LogP contribution in [0.3, 0.4) is 0 Å². The predicted octanol–water partition coefficient (Wildman–Crippen LogP) is 3.77. The zero-order chi connectivity index (χ0) is 18.9. The van der Waals surface area contributed by atoms with Crippen LogP contribution in [-0.2, 0) is 13.1 Å². The maximum atomic E-state index is 14.1. The Morgan fingerprint density at radius 2 is 1.89 bits per heavy atom. The molecule has 2 aromatic carbocycles. The second kappa shape index (κ2) is 11.6. The number of hydrogen-bond donors (Lipinski definition) is 2. The summed E-state index contributed by atoms with van der Waals surface area (Å²) in [5.74, 6) is 1.27. The fraction of sp³-hybridized carbons (Fsp3) is 0.350. The van der Waals surface area contributed by atoms with Gasteiger partial charge in [0.1, 0.15) is 11.6 Å². The third-order valence-electron chi connectivity index (χ3n) is 3.90. The van der Waals surface area contributed by atoms with Crippen molar-refractivity contribution in [1.29, 1.82) is 0 Å². The average Bonchev–Trinajstić information content (AvgIpc) is 2.64. The standard InChI is InChI=1S/C20H27FN4O.HI/c1-5-22-20(24-14-16-8-6-7-9-19(16)26-4)23-13-15-10-11-18(25(2)3)17(21)12-15;/h6-12H,5,13-14H2,1-4H3,(H2,22,23,24);1H. The number of para-hydroxylation sites is 1. The van der Waals surface area contributed by atoms with Crippen LogP contribution in [0.1, 0.15) is 18.1 Å². The molecule has 2 rings (SSSR count). The van der Waals surface area contributed by atoms with Crippen molar-refractivity contribution in [2.45, 2.75) is 20.0 Å². The number of guanidine groups is 1. The molecular weight excluding hydrogens is 458 g/mol. The highest BCUT2D eigenvalue weighted by Crippen LogP contribution is 2.19. The van der Waals surface area contributed by atoms with Gasteiger partial charge >= 0.3 is 0 Å². The highest BCUT2D eigenvalue weighted by Gasteiger charge is 2.06. The Kier molecular flexibility index (Phi) is 9.92. The minimum atomic E-state index is -0.241. The van der Waals surface area contributed by atoms with E-state index in [4.69, 9.17) is 4.74 Å². The summed E-state index contributed by atoms with van der Waals surface area (Å²) < 4.78 is 19.5. The van der Waals surface area contributed by atoms with Gasteiger partial charge in [0.2, 0.25) is 0 Å². The lowest BCUT2D eigenvalue weighted by molar-refractivity contribution is 0.409. The molecule has 2 N–H and O–H groups in total. The summed E-state index contributed by atoms with van der Waals surface area (Å²) in [6.07, 6.45) is 0. The fourth-order valence-electron chi connectivity index (χ4n) is 2.55. The van der Waals surface area contributed by atoms with Gasteiger partial charge in [0, 0.05) is 32.7 Å². The molecule has 27 heavy (non-hydrogen) atoms. The van der Waals surface area contributed by atoms with Gasteiger partial charge in [0.05, 0.1) is 19.3 Å². The van der Waals surface area contributed by atoms with Gasteiger partial charge in [-0.05, 0) is 30.7 Å². The van der Waals surface area contributed by atoms with Crippen molar-refractivity contribution in [2.24, 2.45) is 4.99 Å². The van der Waals surface area contributed by atoms with E-state index in [0.29, 0.717) is 24.7 Å². The van der Waals surface area contributed by atoms with E-state index in [9.17, 15) is 4.39 Å². The second-order valence-corrected chi connectivity index (χ2v) is 6.04. The van der Waals surface area contributed by atoms with E-state index >= 15 is 0 Å². The molecule has 0 aliphatic heterocycles. The molecule has 0 unspecified atom stereocenters. The van der Waals surface area contributed by atoms with Crippen LogP contribution in [0.2, 0.25) is 0 Å². The fourth-order valence-corrected chi connectivity index (χ4v) is 2.55. The number of ether oxygens (including phenoxy) is 1. The van der Waals surface area contributed by atoms with Gasteiger partial charge in [0.15, 0.2) is 5.96 Å². The first-order valence-electron chi connectivity index (χ1n) is 8.65. The maximum Gasteiger partial charge on any atom is 0.191 e. The minimum Gasteiger partial charge on any atom is -0.496 e. The van der Waals surface area contributed by atoms with Crippen molar-refractivity contribution in [3.63, 3.8) is 0 Å². The Labute approximate surface area is 178 Å². The number of nitrogens with one attached hydrogen (secondary N) is 2. The van der Waals surface area contributed by atoms with E-state index in [1.165, 1.54) is 6.07 Å². The van der Waals surface area contributed by atoms with Crippen molar-refractivity contribution in [1.82, 2.24) is 10.6 Å². The SMILES string of the molecule is CCNC(=NCc1ccc(N(C)C)c(F)c1)NCc1ccccc1OC.I. The Morgan fingerprint density at radius 1 is 1.15 bits per heavy atom. The molecule has 148 valence electrons. The Balaban J connectivity index is 0.00000364. The van der Waals surface area contributed by atoms with Crippen molar-refractivity contribution >= 4 is 35.6 Å². The molecule has 0 bridgehead atoms. The summed E-state index contributed by atoms with van der Waals surface area (Å²) in [7, 11) is 5.30. The minimum absolute atomic E-state index is 0. The lowest BCUT2D eigenvalue weighted by atomic mass is 10.2. The van der Waals surface area contributed by atoms with Gasteiger partial charge in [0.25, 0.3) is 0 Å². The van der Waals surface area contributed by atoms with E-state index < -0.39 is 0 Å². The quantitative estimate of drug-likeness (QED) is 0.356. The monoisotopic (exact) mass is 486 g/mol. The van der Waals surface area contributed by atoms with Crippen LogP contribution < -0.4 is 20.3 Å². The molecule has 0 radical (unpaired) electrons. The third-order valence-corrected chi connectivity index (χ3v) is 3.90. The van der Waals surface area contributed by atoms with Crippen molar-refractivity contribution in [2.75, 3.05) is 32.6 Å². The summed E-state index contributed by atoms with van der Waals surface area (Å²) in [4.78, 5) is 6.29. The van der Waals surface area contributed by atoms with Gasteiger partial charge < -0.3 is 20.3 Å². The van der Waals surface area contributed by atoms with Gasteiger partial charge in [-0.3, -0.25) is 0 Å². The van der Waals surface area contributed by atoms with Crippen LogP contribution in [0.25, 0.3) is 0 Å². The van der Waals surface area contributed by atoms with Gasteiger partial charge in [-0.1, -0.05) is 24.3 Å². The third kappa shape index (κ3) is 6.89. The van der Waals surface area contributed by atoms with E-state index in [2.05, 4.69) is 15.6 Å². The number of aliphatic imine (C=N–C) groups is 1. The molecule has 7 heteroatoms. The topological polar surface area (TPSA) is 48.9 Å². The molecule has 0 aliphatic rings. The zero-order valence-corrected chi connectivity index (χ0v) is 18.6. The van der Waals surface area contributed by atoms with Crippen LogP contribution in [0.15, 0.2) is 47.5 Å². The van der Waals surface area contributed by atoms with Crippen molar-refractivity contribution in [3.8, 4) is 5.75 Å². The highest BCUT2D eigenvalue weighted by molar-refractivity contribution is 14.0. The second-order valence-electron chi connectivity index (χ2n) is 6.04. The molecule has 0 atom stereocenters. The first-order valence-corrected chi connectivity index (χ1v) is 8.65. The molecule has 0 fully saturated rings. The van der Waals surface area contributed by atoms with Crippen molar-refractivity contribution in [3.05, 3.63) is 59.4 Å². The summed E-state index contributed by atoms with van der Waals surface area (Å²) in [6, 6.07) is 13.0. The highest BCUT2D eigenvalue weighted by atomic mass is 127. The summed E-state index contributed by atoms with van der Waals surface area (Å²) in [6.45, 7) is 3.73. The average molecular weight is 486 g/mol. The van der Waals surface area contributed by atoms with Gasteiger partial charge in [-0.2, -0.15) is 0 Å². The Hall–Kier alpha value is -2.03. The maximum absolute atomic E-state index is 14.1. The van der Waals surface area contributed by atoms with Gasteiger partial charge in [-0.15, -0.1) is 24.0 Å². The Bertz CT molecular complexity index is 753. The largest absolute Gasteiger partial charge is 0.496 e. The number of halogens is 2. The van der Waals surface area contributed by atoms with Crippen LogP contribution in [0, 0.1) is 5.82 Å². The van der Waals surface area contributed by atoms with Crippen LogP contribution >= 0.6 is 24.0 Å². The van der Waals surface area contributed by atoms with Crippen LogP contribution in [-0.4, -0.2) is 33.7 Å². The zero-order valence-electron chi connectivity index (χ0n) is 16.3. The molecule has 0 aliphatic carbocycles. The molecular formula is C20H28FIN4O. The summed E-state index contributed by atoms with van der Waals surface area (Å²) in [5, 5.41) is 6.48. The molecule has 0 spiro atoms. The number of hydrogen-bond acceptors (Lipinski definition) is 3. The number of nitrogens with zero attached hydrogens (tertiary/aromatic N) is 2. The van der Waals surface area contributed by atoms with E-state index in [-0.39, 0.29) is 29.8 Å². The summed E-state index contributed by atoms with van der Waals surface area (Å²) >= 11 is 0. The molecule has 0 aromatic heterocycles. The number of benzene rings is 2.